The summed E-state index contributed by atoms with van der Waals surface area (Å²) in [7, 11) is 0. The Kier molecular flexibility index (Phi) is 7.79. The van der Waals surface area contributed by atoms with Crippen LogP contribution in [-0.4, -0.2) is 56.0 Å². The Morgan fingerprint density at radius 1 is 0.967 bits per heavy atom. The van der Waals surface area contributed by atoms with Crippen LogP contribution in [0.3, 0.4) is 0 Å². The van der Waals surface area contributed by atoms with Gasteiger partial charge < -0.3 is 15.5 Å². The Labute approximate surface area is 177 Å². The molecule has 0 spiro atoms. The first-order valence-electron chi connectivity index (χ1n) is 10.4. The molecule has 6 nitrogen and oxygen atoms in total. The van der Waals surface area contributed by atoms with Gasteiger partial charge in [0.25, 0.3) is 0 Å². The minimum Gasteiger partial charge on any atom is -0.369 e. The summed E-state index contributed by atoms with van der Waals surface area (Å²) in [6.07, 6.45) is 0.782. The highest BCUT2D eigenvalue weighted by Gasteiger charge is 2.18. The average Bonchev–Trinajstić information content (AvgIpc) is 2.78. The molecule has 1 saturated heterocycles. The van der Waals surface area contributed by atoms with Gasteiger partial charge in [-0.1, -0.05) is 30.3 Å². The summed E-state index contributed by atoms with van der Waals surface area (Å²) >= 11 is 0. The number of hydrogen-bond donors (Lipinski definition) is 2. The van der Waals surface area contributed by atoms with Crippen LogP contribution in [0.1, 0.15) is 24.9 Å². The molecular weight excluding hydrogens is 383 g/mol. The Morgan fingerprint density at radius 2 is 1.63 bits per heavy atom. The fourth-order valence-electron chi connectivity index (χ4n) is 3.55. The average molecular weight is 413 g/mol. The lowest BCUT2D eigenvalue weighted by molar-refractivity contribution is -0.139. The zero-order valence-corrected chi connectivity index (χ0v) is 17.3. The van der Waals surface area contributed by atoms with Gasteiger partial charge in [0, 0.05) is 38.4 Å². The largest absolute Gasteiger partial charge is 0.369 e. The van der Waals surface area contributed by atoms with Gasteiger partial charge in [-0.15, -0.1) is 0 Å². The topological polar surface area (TPSA) is 64.7 Å². The minimum atomic E-state index is -0.612. The molecule has 0 bridgehead atoms. The van der Waals surface area contributed by atoms with E-state index in [1.165, 1.54) is 12.1 Å². The predicted molar refractivity (Wildman–Crippen MR) is 116 cm³/mol. The SMILES string of the molecule is CC(NC(=O)C(=O)NCCCN1CCN(c2ccc(F)cc2)CC1)c1ccccc1. The maximum atomic E-state index is 13.1. The van der Waals surface area contributed by atoms with Crippen molar-refractivity contribution in [1.29, 1.82) is 0 Å². The van der Waals surface area contributed by atoms with Crippen molar-refractivity contribution in [2.24, 2.45) is 0 Å². The number of benzene rings is 2. The standard InChI is InChI=1S/C23H29FN4O2/c1-18(19-6-3-2-4-7-19)26-23(30)22(29)25-12-5-13-27-14-16-28(17-15-27)21-10-8-20(24)9-11-21/h2-4,6-11,18H,5,12-17H2,1H3,(H,25,29)(H,26,30). The fourth-order valence-corrected chi connectivity index (χ4v) is 3.55. The summed E-state index contributed by atoms with van der Waals surface area (Å²) in [6, 6.07) is 15.9. The van der Waals surface area contributed by atoms with Gasteiger partial charge in [0.2, 0.25) is 0 Å². The Hall–Kier alpha value is -2.93. The summed E-state index contributed by atoms with van der Waals surface area (Å²) in [6.45, 7) is 6.78. The zero-order chi connectivity index (χ0) is 21.3. The molecule has 0 radical (unpaired) electrons. The molecule has 1 atom stereocenters. The number of amides is 2. The van der Waals surface area contributed by atoms with Crippen LogP contribution in [0.25, 0.3) is 0 Å². The van der Waals surface area contributed by atoms with Gasteiger partial charge >= 0.3 is 11.8 Å². The van der Waals surface area contributed by atoms with Crippen LogP contribution < -0.4 is 15.5 Å². The molecule has 7 heteroatoms. The van der Waals surface area contributed by atoms with Gasteiger partial charge in [0.15, 0.2) is 0 Å². The van der Waals surface area contributed by atoms with Gasteiger partial charge in [0.05, 0.1) is 6.04 Å². The first kappa shape index (κ1) is 21.8. The molecular formula is C23H29FN4O2. The normalized spacial score (nSPS) is 15.5. The van der Waals surface area contributed by atoms with Crippen LogP contribution in [0.4, 0.5) is 10.1 Å². The number of piperazine rings is 1. The summed E-state index contributed by atoms with van der Waals surface area (Å²) in [5.74, 6) is -1.43. The summed E-state index contributed by atoms with van der Waals surface area (Å²) in [5, 5.41) is 5.41. The highest BCUT2D eigenvalue weighted by atomic mass is 19.1. The number of carbonyl (C=O) groups is 2. The molecule has 2 N–H and O–H groups in total. The Morgan fingerprint density at radius 3 is 2.30 bits per heavy atom. The van der Waals surface area contributed by atoms with Gasteiger partial charge in [0.1, 0.15) is 5.82 Å². The molecule has 1 unspecified atom stereocenters. The monoisotopic (exact) mass is 412 g/mol. The lowest BCUT2D eigenvalue weighted by Gasteiger charge is -2.36. The fraction of sp³-hybridized carbons (Fsp3) is 0.391. The molecule has 30 heavy (non-hydrogen) atoms. The molecule has 0 aromatic heterocycles. The smallest absolute Gasteiger partial charge is 0.309 e. The van der Waals surface area contributed by atoms with E-state index in [9.17, 15) is 14.0 Å². The number of carbonyl (C=O) groups excluding carboxylic acids is 2. The second-order valence-electron chi connectivity index (χ2n) is 7.52. The molecule has 0 aliphatic carbocycles. The number of nitrogens with zero attached hydrogens (tertiary/aromatic N) is 2. The first-order valence-corrected chi connectivity index (χ1v) is 10.4. The van der Waals surface area contributed by atoms with Gasteiger partial charge in [-0.25, -0.2) is 4.39 Å². The second kappa shape index (κ2) is 10.7. The van der Waals surface area contributed by atoms with E-state index in [2.05, 4.69) is 20.4 Å². The molecule has 2 aromatic rings. The van der Waals surface area contributed by atoms with Crippen LogP contribution in [0, 0.1) is 5.82 Å². The first-order chi connectivity index (χ1) is 14.5. The van der Waals surface area contributed by atoms with E-state index in [4.69, 9.17) is 0 Å². The highest BCUT2D eigenvalue weighted by molar-refractivity contribution is 6.35. The molecule has 1 aliphatic heterocycles. The van der Waals surface area contributed by atoms with Crippen molar-refractivity contribution in [3.8, 4) is 0 Å². The maximum Gasteiger partial charge on any atom is 0.309 e. The van der Waals surface area contributed by atoms with Crippen LogP contribution in [0.5, 0.6) is 0 Å². The molecule has 1 fully saturated rings. The third-order valence-electron chi connectivity index (χ3n) is 5.35. The van der Waals surface area contributed by atoms with Crippen LogP contribution in [0.15, 0.2) is 54.6 Å². The predicted octanol–water partition coefficient (Wildman–Crippen LogP) is 2.33. The molecule has 0 saturated carbocycles. The molecule has 1 aliphatic rings. The van der Waals surface area contributed by atoms with E-state index in [1.54, 1.807) is 0 Å². The van der Waals surface area contributed by atoms with Crippen molar-refractivity contribution in [3.05, 3.63) is 66.0 Å². The van der Waals surface area contributed by atoms with Crippen molar-refractivity contribution < 1.29 is 14.0 Å². The quantitative estimate of drug-likeness (QED) is 0.541. The molecule has 2 aromatic carbocycles. The number of rotatable bonds is 7. The highest BCUT2D eigenvalue weighted by Crippen LogP contribution is 2.17. The summed E-state index contributed by atoms with van der Waals surface area (Å²) in [4.78, 5) is 28.6. The lowest BCUT2D eigenvalue weighted by atomic mass is 10.1. The summed E-state index contributed by atoms with van der Waals surface area (Å²) in [5.41, 5.74) is 2.00. The van der Waals surface area contributed by atoms with Gasteiger partial charge in [-0.3, -0.25) is 14.5 Å². The second-order valence-corrected chi connectivity index (χ2v) is 7.52. The number of halogens is 1. The number of anilines is 1. The van der Waals surface area contributed by atoms with E-state index < -0.39 is 11.8 Å². The van der Waals surface area contributed by atoms with Crippen molar-refractivity contribution in [1.82, 2.24) is 15.5 Å². The third-order valence-corrected chi connectivity index (χ3v) is 5.35. The minimum absolute atomic E-state index is 0.220. The number of hydrogen-bond acceptors (Lipinski definition) is 4. The Bertz CT molecular complexity index is 821. The third kappa shape index (κ3) is 6.29. The summed E-state index contributed by atoms with van der Waals surface area (Å²) < 4.78 is 13.1. The van der Waals surface area contributed by atoms with Crippen molar-refractivity contribution >= 4 is 17.5 Å². The maximum absolute atomic E-state index is 13.1. The van der Waals surface area contributed by atoms with E-state index >= 15 is 0 Å². The zero-order valence-electron chi connectivity index (χ0n) is 17.3. The van der Waals surface area contributed by atoms with Crippen LogP contribution >= 0.6 is 0 Å². The lowest BCUT2D eigenvalue weighted by Crippen LogP contribution is -2.47. The van der Waals surface area contributed by atoms with E-state index in [0.29, 0.717) is 6.54 Å². The van der Waals surface area contributed by atoms with Crippen molar-refractivity contribution in [2.75, 3.05) is 44.2 Å². The van der Waals surface area contributed by atoms with Gasteiger partial charge in [-0.2, -0.15) is 0 Å². The molecule has 160 valence electrons. The molecule has 2 amide bonds. The van der Waals surface area contributed by atoms with E-state index in [0.717, 1.165) is 50.4 Å². The van der Waals surface area contributed by atoms with Crippen LogP contribution in [0.2, 0.25) is 0 Å². The van der Waals surface area contributed by atoms with E-state index in [1.807, 2.05) is 49.4 Å². The number of nitrogens with one attached hydrogen (secondary N) is 2. The Balaban J connectivity index is 1.31. The van der Waals surface area contributed by atoms with Crippen LogP contribution in [-0.2, 0) is 9.59 Å². The van der Waals surface area contributed by atoms with E-state index in [-0.39, 0.29) is 11.9 Å². The molecule has 3 rings (SSSR count). The molecule has 1 heterocycles. The van der Waals surface area contributed by atoms with Gasteiger partial charge in [-0.05, 0) is 49.7 Å². The van der Waals surface area contributed by atoms with Crippen molar-refractivity contribution in [3.63, 3.8) is 0 Å². The van der Waals surface area contributed by atoms with Crippen molar-refractivity contribution in [2.45, 2.75) is 19.4 Å².